The lowest BCUT2D eigenvalue weighted by atomic mass is 10.0. The van der Waals surface area contributed by atoms with Crippen molar-refractivity contribution in [2.24, 2.45) is 0 Å². The Balaban J connectivity index is 1.75. The van der Waals surface area contributed by atoms with Crippen LogP contribution in [0.5, 0.6) is 11.5 Å². The molecule has 0 aliphatic carbocycles. The van der Waals surface area contributed by atoms with Crippen molar-refractivity contribution in [1.29, 1.82) is 0 Å². The number of aryl methyl sites for hydroxylation is 1. The summed E-state index contributed by atoms with van der Waals surface area (Å²) in [5, 5.41) is 2.86. The van der Waals surface area contributed by atoms with E-state index < -0.39 is 0 Å². The maximum Gasteiger partial charge on any atom is 0.255 e. The van der Waals surface area contributed by atoms with Gasteiger partial charge in [-0.25, -0.2) is 0 Å². The average molecular weight is 452 g/mol. The standard InChI is InChI=1S/C23H18BrNO4/c1-14-6-8-15(9-7-14)23(27)25-19-13-21-20(28-10-11-29-21)12-17(19)22(26)16-4-2-3-5-18(16)24/h2-9,12-13H,10-11H2,1H3,(H,25,27). The molecule has 6 heteroatoms. The number of rotatable bonds is 4. The van der Waals surface area contributed by atoms with E-state index in [0.29, 0.717) is 51.6 Å². The molecule has 1 heterocycles. The molecule has 3 aromatic rings. The fraction of sp³-hybridized carbons (Fsp3) is 0.130. The Kier molecular flexibility index (Phi) is 5.36. The number of ether oxygens (including phenoxy) is 2. The Bertz CT molecular complexity index is 1090. The molecule has 0 radical (unpaired) electrons. The van der Waals surface area contributed by atoms with Crippen molar-refractivity contribution in [2.45, 2.75) is 6.92 Å². The third-order valence-electron chi connectivity index (χ3n) is 4.61. The number of nitrogens with one attached hydrogen (secondary N) is 1. The Hall–Kier alpha value is -3.12. The van der Waals surface area contributed by atoms with Crippen LogP contribution < -0.4 is 14.8 Å². The average Bonchev–Trinajstić information content (AvgIpc) is 2.73. The number of ketones is 1. The minimum Gasteiger partial charge on any atom is -0.486 e. The zero-order valence-corrected chi connectivity index (χ0v) is 17.3. The largest absolute Gasteiger partial charge is 0.486 e. The predicted octanol–water partition coefficient (Wildman–Crippen LogP) is 5.01. The van der Waals surface area contributed by atoms with Crippen molar-refractivity contribution in [3.05, 3.63) is 87.4 Å². The Labute approximate surface area is 176 Å². The van der Waals surface area contributed by atoms with Crippen LogP contribution in [0.4, 0.5) is 5.69 Å². The lowest BCUT2D eigenvalue weighted by Gasteiger charge is -2.21. The van der Waals surface area contributed by atoms with Crippen molar-refractivity contribution < 1.29 is 19.1 Å². The minimum atomic E-state index is -0.303. The van der Waals surface area contributed by atoms with Gasteiger partial charge in [0.2, 0.25) is 0 Å². The van der Waals surface area contributed by atoms with Crippen LogP contribution in [0.25, 0.3) is 0 Å². The van der Waals surface area contributed by atoms with Gasteiger partial charge in [0.25, 0.3) is 5.91 Å². The molecule has 4 rings (SSSR count). The highest BCUT2D eigenvalue weighted by atomic mass is 79.9. The maximum absolute atomic E-state index is 13.3. The summed E-state index contributed by atoms with van der Waals surface area (Å²) in [5.41, 5.74) is 2.77. The second-order valence-corrected chi connectivity index (χ2v) is 7.52. The monoisotopic (exact) mass is 451 g/mol. The van der Waals surface area contributed by atoms with Crippen molar-refractivity contribution in [1.82, 2.24) is 0 Å². The molecule has 0 unspecified atom stereocenters. The molecule has 1 N–H and O–H groups in total. The Morgan fingerprint density at radius 2 is 1.55 bits per heavy atom. The number of benzene rings is 3. The van der Waals surface area contributed by atoms with Crippen molar-refractivity contribution in [2.75, 3.05) is 18.5 Å². The Morgan fingerprint density at radius 3 is 2.24 bits per heavy atom. The van der Waals surface area contributed by atoms with Gasteiger partial charge in [0.15, 0.2) is 17.3 Å². The number of fused-ring (bicyclic) bond motifs is 1. The third-order valence-corrected chi connectivity index (χ3v) is 5.30. The van der Waals surface area contributed by atoms with E-state index in [1.165, 1.54) is 0 Å². The van der Waals surface area contributed by atoms with Gasteiger partial charge >= 0.3 is 0 Å². The first-order chi connectivity index (χ1) is 14.0. The van der Waals surface area contributed by atoms with Crippen LogP contribution in [0.3, 0.4) is 0 Å². The molecular weight excluding hydrogens is 434 g/mol. The molecule has 0 atom stereocenters. The van der Waals surface area contributed by atoms with Crippen LogP contribution in [0, 0.1) is 6.92 Å². The SMILES string of the molecule is Cc1ccc(C(=O)Nc2cc3c(cc2C(=O)c2ccccc2Br)OCCO3)cc1. The Morgan fingerprint density at radius 1 is 0.897 bits per heavy atom. The lowest BCUT2D eigenvalue weighted by Crippen LogP contribution is -2.19. The van der Waals surface area contributed by atoms with Gasteiger partial charge < -0.3 is 14.8 Å². The number of hydrogen-bond donors (Lipinski definition) is 1. The zero-order chi connectivity index (χ0) is 20.4. The quantitative estimate of drug-likeness (QED) is 0.566. The highest BCUT2D eigenvalue weighted by molar-refractivity contribution is 9.10. The first-order valence-corrected chi connectivity index (χ1v) is 9.93. The molecule has 0 aromatic heterocycles. The molecule has 0 bridgehead atoms. The van der Waals surface area contributed by atoms with Crippen LogP contribution in [-0.2, 0) is 0 Å². The molecule has 1 aliphatic rings. The molecule has 146 valence electrons. The highest BCUT2D eigenvalue weighted by Gasteiger charge is 2.23. The number of hydrogen-bond acceptors (Lipinski definition) is 4. The van der Waals surface area contributed by atoms with E-state index in [9.17, 15) is 9.59 Å². The summed E-state index contributed by atoms with van der Waals surface area (Å²) < 4.78 is 11.9. The van der Waals surface area contributed by atoms with E-state index in [1.54, 1.807) is 42.5 Å². The second-order valence-electron chi connectivity index (χ2n) is 6.67. The van der Waals surface area contributed by atoms with Crippen LogP contribution in [0.15, 0.2) is 65.1 Å². The van der Waals surface area contributed by atoms with Gasteiger partial charge in [0, 0.05) is 21.7 Å². The van der Waals surface area contributed by atoms with E-state index in [1.807, 2.05) is 25.1 Å². The second kappa shape index (κ2) is 8.09. The van der Waals surface area contributed by atoms with E-state index in [2.05, 4.69) is 21.2 Å². The van der Waals surface area contributed by atoms with Gasteiger partial charge in [0.05, 0.1) is 11.3 Å². The first-order valence-electron chi connectivity index (χ1n) is 9.14. The highest BCUT2D eigenvalue weighted by Crippen LogP contribution is 2.37. The van der Waals surface area contributed by atoms with Crippen molar-refractivity contribution in [3.8, 4) is 11.5 Å². The summed E-state index contributed by atoms with van der Waals surface area (Å²) >= 11 is 3.42. The molecule has 29 heavy (non-hydrogen) atoms. The zero-order valence-electron chi connectivity index (χ0n) is 15.7. The normalized spacial score (nSPS) is 12.3. The molecule has 1 aliphatic heterocycles. The van der Waals surface area contributed by atoms with Gasteiger partial charge in [-0.15, -0.1) is 0 Å². The molecular formula is C23H18BrNO4. The number of carbonyl (C=O) groups is 2. The maximum atomic E-state index is 13.3. The summed E-state index contributed by atoms with van der Waals surface area (Å²) in [4.78, 5) is 26.0. The number of anilines is 1. The molecule has 3 aromatic carbocycles. The summed E-state index contributed by atoms with van der Waals surface area (Å²) in [6.07, 6.45) is 0. The molecule has 0 saturated carbocycles. The summed E-state index contributed by atoms with van der Waals surface area (Å²) in [6.45, 7) is 2.78. The molecule has 0 saturated heterocycles. The molecule has 5 nitrogen and oxygen atoms in total. The minimum absolute atomic E-state index is 0.228. The van der Waals surface area contributed by atoms with Crippen molar-refractivity contribution in [3.63, 3.8) is 0 Å². The number of amides is 1. The summed E-state index contributed by atoms with van der Waals surface area (Å²) in [6, 6.07) is 17.7. The fourth-order valence-electron chi connectivity index (χ4n) is 3.07. The smallest absolute Gasteiger partial charge is 0.255 e. The summed E-state index contributed by atoms with van der Waals surface area (Å²) in [5.74, 6) is 0.454. The molecule has 0 fully saturated rings. The van der Waals surface area contributed by atoms with Crippen LogP contribution >= 0.6 is 15.9 Å². The lowest BCUT2D eigenvalue weighted by molar-refractivity contribution is 0.102. The van der Waals surface area contributed by atoms with E-state index >= 15 is 0 Å². The van der Waals surface area contributed by atoms with Gasteiger partial charge in [-0.2, -0.15) is 0 Å². The molecule has 1 amide bonds. The number of halogens is 1. The van der Waals surface area contributed by atoms with Gasteiger partial charge in [-0.05, 0) is 37.3 Å². The molecule has 0 spiro atoms. The van der Waals surface area contributed by atoms with E-state index in [0.717, 1.165) is 5.56 Å². The van der Waals surface area contributed by atoms with E-state index in [-0.39, 0.29) is 11.7 Å². The van der Waals surface area contributed by atoms with E-state index in [4.69, 9.17) is 9.47 Å². The topological polar surface area (TPSA) is 64.6 Å². The predicted molar refractivity (Wildman–Crippen MR) is 114 cm³/mol. The van der Waals surface area contributed by atoms with Crippen LogP contribution in [-0.4, -0.2) is 24.9 Å². The van der Waals surface area contributed by atoms with Gasteiger partial charge in [0.1, 0.15) is 13.2 Å². The van der Waals surface area contributed by atoms with Gasteiger partial charge in [-0.1, -0.05) is 45.8 Å². The summed E-state index contributed by atoms with van der Waals surface area (Å²) in [7, 11) is 0. The van der Waals surface area contributed by atoms with Crippen molar-refractivity contribution >= 4 is 33.3 Å². The van der Waals surface area contributed by atoms with Gasteiger partial charge in [-0.3, -0.25) is 9.59 Å². The fourth-order valence-corrected chi connectivity index (χ4v) is 3.53. The van der Waals surface area contributed by atoms with Crippen LogP contribution in [0.2, 0.25) is 0 Å². The van der Waals surface area contributed by atoms with Crippen LogP contribution in [0.1, 0.15) is 31.8 Å². The first kappa shape index (κ1) is 19.2. The number of carbonyl (C=O) groups excluding carboxylic acids is 2. The third kappa shape index (κ3) is 4.03.